The summed E-state index contributed by atoms with van der Waals surface area (Å²) in [4.78, 5) is 0. The molecule has 0 aliphatic carbocycles. The lowest BCUT2D eigenvalue weighted by atomic mass is 10.1. The Kier molecular flexibility index (Phi) is 12.0. The topological polar surface area (TPSA) is 74.1 Å². The van der Waals surface area contributed by atoms with Crippen molar-refractivity contribution in [3.63, 3.8) is 0 Å². The molecule has 0 saturated carbocycles. The van der Waals surface area contributed by atoms with Crippen LogP contribution in [0.15, 0.2) is 42.7 Å². The molecular weight excluding hydrogens is 346 g/mol. The van der Waals surface area contributed by atoms with Gasteiger partial charge in [0.15, 0.2) is 10.6 Å². The molecule has 1 aromatic carbocycles. The Balaban J connectivity index is 0.000000667. The predicted molar refractivity (Wildman–Crippen MR) is 112 cm³/mol. The number of rotatable bonds is 4. The molecular formula is C20H31N3O2S. The van der Waals surface area contributed by atoms with Crippen LogP contribution in [0.25, 0.3) is 11.3 Å². The fraction of sp³-hybridized carbons (Fsp3) is 0.400. The summed E-state index contributed by atoms with van der Waals surface area (Å²) >= 11 is 5.35. The molecule has 1 atom stereocenters. The molecule has 1 heterocycles. The highest BCUT2D eigenvalue weighted by molar-refractivity contribution is 7.71. The van der Waals surface area contributed by atoms with Crippen LogP contribution in [-0.4, -0.2) is 31.1 Å². The van der Waals surface area contributed by atoms with Gasteiger partial charge in [0.1, 0.15) is 0 Å². The second kappa shape index (κ2) is 13.1. The minimum atomic E-state index is -0.532. The zero-order valence-corrected chi connectivity index (χ0v) is 17.3. The largest absolute Gasteiger partial charge is 0.516 e. The monoisotopic (exact) mass is 377 g/mol. The van der Waals surface area contributed by atoms with Crippen LogP contribution in [0.3, 0.4) is 0 Å². The number of hydrogen-bond donors (Lipinski definition) is 3. The van der Waals surface area contributed by atoms with Crippen LogP contribution < -0.4 is 0 Å². The van der Waals surface area contributed by atoms with Crippen molar-refractivity contribution in [3.8, 4) is 5.69 Å². The van der Waals surface area contributed by atoms with Crippen molar-refractivity contribution in [1.82, 2.24) is 14.8 Å². The third-order valence-corrected chi connectivity index (χ3v) is 3.71. The molecule has 2 aromatic rings. The Labute approximate surface area is 161 Å². The number of hydrogen-bond acceptors (Lipinski definition) is 4. The lowest BCUT2D eigenvalue weighted by Gasteiger charge is -2.11. The van der Waals surface area contributed by atoms with Crippen molar-refractivity contribution in [2.45, 2.75) is 54.1 Å². The summed E-state index contributed by atoms with van der Waals surface area (Å²) in [6, 6.07) is 8.28. The maximum atomic E-state index is 8.31. The Morgan fingerprint density at radius 3 is 2.42 bits per heavy atom. The molecule has 0 aliphatic heterocycles. The van der Waals surface area contributed by atoms with E-state index < -0.39 is 6.10 Å². The average molecular weight is 378 g/mol. The summed E-state index contributed by atoms with van der Waals surface area (Å²) < 4.78 is 2.64. The molecule has 144 valence electrons. The number of aromatic nitrogens is 3. The molecule has 26 heavy (non-hydrogen) atoms. The molecule has 1 unspecified atom stereocenters. The van der Waals surface area contributed by atoms with Gasteiger partial charge in [-0.2, -0.15) is 5.10 Å². The molecule has 6 heteroatoms. The zero-order chi connectivity index (χ0) is 20.1. The second-order valence-electron chi connectivity index (χ2n) is 5.22. The number of para-hydroxylation sites is 1. The normalized spacial score (nSPS) is 12.0. The highest BCUT2D eigenvalue weighted by Crippen LogP contribution is 2.21. The van der Waals surface area contributed by atoms with E-state index in [1.54, 1.807) is 6.92 Å². The minimum Gasteiger partial charge on any atom is -0.516 e. The summed E-state index contributed by atoms with van der Waals surface area (Å²) in [5.41, 5.74) is 3.48. The van der Waals surface area contributed by atoms with E-state index in [9.17, 15) is 0 Å². The number of H-pyrrole nitrogens is 1. The molecule has 1 aromatic heterocycles. The highest BCUT2D eigenvalue weighted by atomic mass is 32.1. The van der Waals surface area contributed by atoms with Crippen LogP contribution >= 0.6 is 12.2 Å². The van der Waals surface area contributed by atoms with Gasteiger partial charge in [0.2, 0.25) is 0 Å². The molecule has 0 fully saturated rings. The molecule has 2 rings (SSSR count). The van der Waals surface area contributed by atoms with Crippen molar-refractivity contribution in [2.24, 2.45) is 0 Å². The Morgan fingerprint density at radius 2 is 1.96 bits per heavy atom. The number of aryl methyl sites for hydroxylation is 1. The van der Waals surface area contributed by atoms with Crippen molar-refractivity contribution in [3.05, 3.63) is 58.8 Å². The molecule has 0 saturated heterocycles. The van der Waals surface area contributed by atoms with E-state index in [2.05, 4.69) is 29.3 Å². The Bertz CT molecular complexity index is 758. The van der Waals surface area contributed by atoms with Gasteiger partial charge < -0.3 is 10.2 Å². The number of nitrogens with zero attached hydrogens (tertiary/aromatic N) is 2. The number of aromatic amines is 1. The van der Waals surface area contributed by atoms with E-state index in [4.69, 9.17) is 22.4 Å². The standard InChI is InChI=1S/C14H17N3S.C4H8O2.C2H6/c1-4-10(3)13-15-16-14(18)17(13)12-9-7-6-8-11(12)5-2;1-4(6)2-3-5;1-2/h4,6-9H,5H2,1-3H3,(H,16,18);2-6H,1H3;1-2H3/b10-4+;3-2+;. The molecule has 3 N–H and O–H groups in total. The Hall–Kier alpha value is -2.18. The van der Waals surface area contributed by atoms with Crippen LogP contribution in [-0.2, 0) is 6.42 Å². The number of nitrogens with one attached hydrogen (secondary N) is 1. The number of benzene rings is 1. The zero-order valence-electron chi connectivity index (χ0n) is 16.5. The van der Waals surface area contributed by atoms with Gasteiger partial charge in [0.05, 0.1) is 18.1 Å². The van der Waals surface area contributed by atoms with Crippen LogP contribution in [0.2, 0.25) is 0 Å². The smallest absolute Gasteiger partial charge is 0.200 e. The number of allylic oxidation sites excluding steroid dienone is 2. The van der Waals surface area contributed by atoms with Crippen molar-refractivity contribution < 1.29 is 10.2 Å². The lowest BCUT2D eigenvalue weighted by molar-refractivity contribution is 0.240. The molecule has 5 nitrogen and oxygen atoms in total. The van der Waals surface area contributed by atoms with E-state index in [1.807, 2.05) is 50.5 Å². The van der Waals surface area contributed by atoms with E-state index >= 15 is 0 Å². The first kappa shape index (κ1) is 23.8. The van der Waals surface area contributed by atoms with Gasteiger partial charge in [0.25, 0.3) is 0 Å². The van der Waals surface area contributed by atoms with Crippen LogP contribution in [0.1, 0.15) is 52.9 Å². The second-order valence-corrected chi connectivity index (χ2v) is 5.61. The maximum Gasteiger partial charge on any atom is 0.200 e. The summed E-state index contributed by atoms with van der Waals surface area (Å²) in [6.07, 6.45) is 4.58. The molecule has 0 amide bonds. The molecule has 0 radical (unpaired) electrons. The highest BCUT2D eigenvalue weighted by Gasteiger charge is 2.11. The fourth-order valence-electron chi connectivity index (χ4n) is 2.07. The summed E-state index contributed by atoms with van der Waals surface area (Å²) in [5.74, 6) is 0.878. The first-order valence-electron chi connectivity index (χ1n) is 8.84. The SMILES string of the molecule is C/C=C(\C)c1n[nH]c(=S)n1-c1ccccc1CC.CC.CC(O)/C=C/O. The quantitative estimate of drug-likeness (QED) is 0.494. The van der Waals surface area contributed by atoms with E-state index in [1.165, 1.54) is 11.6 Å². The van der Waals surface area contributed by atoms with Crippen molar-refractivity contribution in [2.75, 3.05) is 0 Å². The average Bonchev–Trinajstić information content (AvgIpc) is 3.04. The van der Waals surface area contributed by atoms with E-state index in [0.29, 0.717) is 4.77 Å². The summed E-state index contributed by atoms with van der Waals surface area (Å²) in [5, 5.41) is 23.4. The first-order valence-corrected chi connectivity index (χ1v) is 9.24. The van der Waals surface area contributed by atoms with Gasteiger partial charge in [-0.05, 0) is 62.7 Å². The van der Waals surface area contributed by atoms with Crippen LogP contribution in [0, 0.1) is 4.77 Å². The van der Waals surface area contributed by atoms with Gasteiger partial charge in [0, 0.05) is 0 Å². The van der Waals surface area contributed by atoms with Gasteiger partial charge in [-0.1, -0.05) is 45.0 Å². The molecule has 0 spiro atoms. The third kappa shape index (κ3) is 6.98. The van der Waals surface area contributed by atoms with E-state index in [-0.39, 0.29) is 0 Å². The predicted octanol–water partition coefficient (Wildman–Crippen LogP) is 5.38. The van der Waals surface area contributed by atoms with Gasteiger partial charge in [-0.15, -0.1) is 0 Å². The van der Waals surface area contributed by atoms with Gasteiger partial charge in [-0.25, -0.2) is 0 Å². The maximum absolute atomic E-state index is 8.31. The van der Waals surface area contributed by atoms with Gasteiger partial charge >= 0.3 is 0 Å². The lowest BCUT2D eigenvalue weighted by Crippen LogP contribution is -2.03. The summed E-state index contributed by atoms with van der Waals surface area (Å²) in [6.45, 7) is 11.7. The van der Waals surface area contributed by atoms with Gasteiger partial charge in [-0.3, -0.25) is 9.67 Å². The summed E-state index contributed by atoms with van der Waals surface area (Å²) in [7, 11) is 0. The number of aliphatic hydroxyl groups excluding tert-OH is 2. The molecule has 0 bridgehead atoms. The number of aliphatic hydroxyl groups is 2. The first-order chi connectivity index (χ1) is 12.5. The van der Waals surface area contributed by atoms with Crippen LogP contribution in [0.5, 0.6) is 0 Å². The van der Waals surface area contributed by atoms with Crippen molar-refractivity contribution >= 4 is 17.8 Å². The molecule has 0 aliphatic rings. The third-order valence-electron chi connectivity index (χ3n) is 3.44. The van der Waals surface area contributed by atoms with Crippen molar-refractivity contribution in [1.29, 1.82) is 0 Å². The van der Waals surface area contributed by atoms with E-state index in [0.717, 1.165) is 29.8 Å². The minimum absolute atomic E-state index is 0.532. The Morgan fingerprint density at radius 1 is 1.35 bits per heavy atom. The van der Waals surface area contributed by atoms with Crippen LogP contribution in [0.4, 0.5) is 0 Å². The fourth-order valence-corrected chi connectivity index (χ4v) is 2.30.